The van der Waals surface area contributed by atoms with E-state index >= 15 is 0 Å². The van der Waals surface area contributed by atoms with E-state index in [0.717, 1.165) is 18.4 Å². The molecule has 2 heteroatoms. The molecule has 4 unspecified atom stereocenters. The fourth-order valence-electron chi connectivity index (χ4n) is 3.33. The molecule has 2 nitrogen and oxygen atoms in total. The molecule has 0 aliphatic heterocycles. The first-order valence-corrected chi connectivity index (χ1v) is 6.59. The SMILES string of the molecule is CCCN(CC)C1C(C)CC(C)CC1N. The van der Waals surface area contributed by atoms with E-state index in [1.165, 1.54) is 25.8 Å². The first kappa shape index (κ1) is 13.0. The third kappa shape index (κ3) is 3.18. The van der Waals surface area contributed by atoms with Crippen LogP contribution in [0.1, 0.15) is 47.0 Å². The molecule has 4 atom stereocenters. The Morgan fingerprint density at radius 3 is 2.33 bits per heavy atom. The summed E-state index contributed by atoms with van der Waals surface area (Å²) in [5.74, 6) is 1.57. The number of nitrogens with two attached hydrogens (primary N) is 1. The lowest BCUT2D eigenvalue weighted by atomic mass is 9.76. The van der Waals surface area contributed by atoms with Gasteiger partial charge in [-0.2, -0.15) is 0 Å². The van der Waals surface area contributed by atoms with E-state index < -0.39 is 0 Å². The predicted molar refractivity (Wildman–Crippen MR) is 66.9 cm³/mol. The van der Waals surface area contributed by atoms with Crippen LogP contribution in [-0.4, -0.2) is 30.1 Å². The lowest BCUT2D eigenvalue weighted by Crippen LogP contribution is -2.55. The molecule has 0 aromatic carbocycles. The van der Waals surface area contributed by atoms with E-state index in [9.17, 15) is 0 Å². The lowest BCUT2D eigenvalue weighted by Gasteiger charge is -2.44. The molecule has 1 fully saturated rings. The van der Waals surface area contributed by atoms with Gasteiger partial charge in [0.2, 0.25) is 0 Å². The van der Waals surface area contributed by atoms with E-state index in [1.54, 1.807) is 0 Å². The molecular weight excluding hydrogens is 184 g/mol. The molecule has 2 N–H and O–H groups in total. The lowest BCUT2D eigenvalue weighted by molar-refractivity contribution is 0.0795. The van der Waals surface area contributed by atoms with Crippen molar-refractivity contribution < 1.29 is 0 Å². The second kappa shape index (κ2) is 5.86. The molecule has 15 heavy (non-hydrogen) atoms. The van der Waals surface area contributed by atoms with E-state index in [4.69, 9.17) is 5.73 Å². The van der Waals surface area contributed by atoms with Crippen LogP contribution in [0.4, 0.5) is 0 Å². The van der Waals surface area contributed by atoms with Crippen LogP contribution in [0.15, 0.2) is 0 Å². The van der Waals surface area contributed by atoms with Gasteiger partial charge >= 0.3 is 0 Å². The third-order valence-electron chi connectivity index (χ3n) is 3.81. The molecule has 0 aromatic rings. The summed E-state index contributed by atoms with van der Waals surface area (Å²) in [7, 11) is 0. The zero-order valence-electron chi connectivity index (χ0n) is 10.9. The first-order chi connectivity index (χ1) is 7.10. The van der Waals surface area contributed by atoms with Crippen molar-refractivity contribution in [2.75, 3.05) is 13.1 Å². The second-order valence-corrected chi connectivity index (χ2v) is 5.34. The van der Waals surface area contributed by atoms with E-state index in [0.29, 0.717) is 12.1 Å². The maximum atomic E-state index is 6.32. The summed E-state index contributed by atoms with van der Waals surface area (Å²) in [6, 6.07) is 1.00. The van der Waals surface area contributed by atoms with Crippen molar-refractivity contribution >= 4 is 0 Å². The molecule has 0 aromatic heterocycles. The Morgan fingerprint density at radius 1 is 1.20 bits per heavy atom. The number of hydrogen-bond acceptors (Lipinski definition) is 2. The van der Waals surface area contributed by atoms with Gasteiger partial charge in [-0.05, 0) is 44.2 Å². The van der Waals surface area contributed by atoms with Gasteiger partial charge in [-0.25, -0.2) is 0 Å². The molecule has 1 saturated carbocycles. The van der Waals surface area contributed by atoms with Crippen LogP contribution in [0, 0.1) is 11.8 Å². The topological polar surface area (TPSA) is 29.3 Å². The van der Waals surface area contributed by atoms with Crippen LogP contribution in [-0.2, 0) is 0 Å². The van der Waals surface area contributed by atoms with Crippen molar-refractivity contribution in [2.45, 2.75) is 59.0 Å². The monoisotopic (exact) mass is 212 g/mol. The van der Waals surface area contributed by atoms with Crippen molar-refractivity contribution in [3.8, 4) is 0 Å². The predicted octanol–water partition coefficient (Wildman–Crippen LogP) is 2.48. The number of rotatable bonds is 4. The Bertz CT molecular complexity index is 169. The van der Waals surface area contributed by atoms with Crippen LogP contribution in [0.2, 0.25) is 0 Å². The van der Waals surface area contributed by atoms with Crippen LogP contribution in [0.25, 0.3) is 0 Å². The molecule has 0 saturated heterocycles. The quantitative estimate of drug-likeness (QED) is 0.776. The highest BCUT2D eigenvalue weighted by Crippen LogP contribution is 2.31. The van der Waals surface area contributed by atoms with Gasteiger partial charge in [-0.3, -0.25) is 4.90 Å². The highest BCUT2D eigenvalue weighted by atomic mass is 15.2. The van der Waals surface area contributed by atoms with Crippen molar-refractivity contribution in [2.24, 2.45) is 17.6 Å². The minimum absolute atomic E-state index is 0.384. The number of likely N-dealkylation sites (N-methyl/N-ethyl adjacent to an activating group) is 1. The van der Waals surface area contributed by atoms with Gasteiger partial charge in [0.25, 0.3) is 0 Å². The molecule has 1 aliphatic carbocycles. The summed E-state index contributed by atoms with van der Waals surface area (Å²) >= 11 is 0. The molecule has 0 radical (unpaired) electrons. The van der Waals surface area contributed by atoms with Gasteiger partial charge < -0.3 is 5.73 Å². The van der Waals surface area contributed by atoms with Gasteiger partial charge in [-0.15, -0.1) is 0 Å². The van der Waals surface area contributed by atoms with E-state index in [1.807, 2.05) is 0 Å². The van der Waals surface area contributed by atoms with Crippen LogP contribution in [0.3, 0.4) is 0 Å². The zero-order valence-corrected chi connectivity index (χ0v) is 10.9. The Hall–Kier alpha value is -0.0800. The van der Waals surface area contributed by atoms with Gasteiger partial charge in [0.1, 0.15) is 0 Å². The van der Waals surface area contributed by atoms with Crippen LogP contribution >= 0.6 is 0 Å². The number of nitrogens with zero attached hydrogens (tertiary/aromatic N) is 1. The molecule has 0 spiro atoms. The molecule has 0 amide bonds. The van der Waals surface area contributed by atoms with E-state index in [-0.39, 0.29) is 0 Å². The maximum Gasteiger partial charge on any atom is 0.0272 e. The van der Waals surface area contributed by atoms with Gasteiger partial charge in [0, 0.05) is 12.1 Å². The molecule has 0 bridgehead atoms. The zero-order chi connectivity index (χ0) is 11.4. The Kier molecular flexibility index (Phi) is 5.07. The fraction of sp³-hybridized carbons (Fsp3) is 1.00. The third-order valence-corrected chi connectivity index (χ3v) is 3.81. The number of hydrogen-bond donors (Lipinski definition) is 1. The smallest absolute Gasteiger partial charge is 0.0272 e. The summed E-state index contributed by atoms with van der Waals surface area (Å²) in [5, 5.41) is 0. The summed E-state index contributed by atoms with van der Waals surface area (Å²) in [6.07, 6.45) is 3.78. The van der Waals surface area contributed by atoms with Crippen molar-refractivity contribution in [1.29, 1.82) is 0 Å². The largest absolute Gasteiger partial charge is 0.326 e. The second-order valence-electron chi connectivity index (χ2n) is 5.34. The Labute approximate surface area is 95.2 Å². The highest BCUT2D eigenvalue weighted by molar-refractivity contribution is 4.91. The highest BCUT2D eigenvalue weighted by Gasteiger charge is 2.34. The summed E-state index contributed by atoms with van der Waals surface area (Å²) in [6.45, 7) is 11.6. The fourth-order valence-corrected chi connectivity index (χ4v) is 3.33. The molecular formula is C13H28N2. The Balaban J connectivity index is 2.64. The van der Waals surface area contributed by atoms with Crippen molar-refractivity contribution in [1.82, 2.24) is 4.90 Å². The first-order valence-electron chi connectivity index (χ1n) is 6.59. The van der Waals surface area contributed by atoms with Crippen molar-refractivity contribution in [3.05, 3.63) is 0 Å². The average molecular weight is 212 g/mol. The van der Waals surface area contributed by atoms with Gasteiger partial charge in [-0.1, -0.05) is 27.7 Å². The summed E-state index contributed by atoms with van der Waals surface area (Å²) < 4.78 is 0. The Morgan fingerprint density at radius 2 is 1.87 bits per heavy atom. The normalized spacial score (nSPS) is 37.2. The van der Waals surface area contributed by atoms with E-state index in [2.05, 4.69) is 32.6 Å². The molecule has 0 heterocycles. The van der Waals surface area contributed by atoms with Crippen LogP contribution < -0.4 is 5.73 Å². The minimum atomic E-state index is 0.384. The van der Waals surface area contributed by atoms with Crippen molar-refractivity contribution in [3.63, 3.8) is 0 Å². The summed E-state index contributed by atoms with van der Waals surface area (Å²) in [5.41, 5.74) is 6.32. The minimum Gasteiger partial charge on any atom is -0.326 e. The van der Waals surface area contributed by atoms with Crippen LogP contribution in [0.5, 0.6) is 0 Å². The average Bonchev–Trinajstić information content (AvgIpc) is 2.14. The maximum absolute atomic E-state index is 6.32. The van der Waals surface area contributed by atoms with Gasteiger partial charge in [0.05, 0.1) is 0 Å². The molecule has 1 aliphatic rings. The summed E-state index contributed by atoms with van der Waals surface area (Å²) in [4.78, 5) is 2.58. The molecule has 1 rings (SSSR count). The standard InChI is InChI=1S/C13H28N2/c1-5-7-15(6-2)13-11(4)8-10(3)9-12(13)14/h10-13H,5-9,14H2,1-4H3. The van der Waals surface area contributed by atoms with Gasteiger partial charge in [0.15, 0.2) is 0 Å². The molecule has 90 valence electrons.